The third kappa shape index (κ3) is 3.46. The molecule has 1 aromatic heterocycles. The van der Waals surface area contributed by atoms with Gasteiger partial charge < -0.3 is 9.52 Å². The number of aliphatic carboxylic acids is 1. The Morgan fingerprint density at radius 1 is 1.38 bits per heavy atom. The summed E-state index contributed by atoms with van der Waals surface area (Å²) in [5, 5.41) is 8.93. The van der Waals surface area contributed by atoms with Crippen molar-refractivity contribution in [2.45, 2.75) is 25.4 Å². The molecule has 3 rings (SSSR count). The van der Waals surface area contributed by atoms with Gasteiger partial charge in [-0.1, -0.05) is 0 Å². The minimum Gasteiger partial charge on any atom is -0.480 e. The Hall–Kier alpha value is -2.21. The van der Waals surface area contributed by atoms with E-state index in [1.54, 1.807) is 12.1 Å². The van der Waals surface area contributed by atoms with E-state index in [0.717, 1.165) is 12.8 Å². The summed E-state index contributed by atoms with van der Waals surface area (Å²) >= 11 is 0. The van der Waals surface area contributed by atoms with Crippen molar-refractivity contribution in [3.8, 4) is 11.5 Å². The predicted molar refractivity (Wildman–Crippen MR) is 73.0 cm³/mol. The summed E-state index contributed by atoms with van der Waals surface area (Å²) in [6, 6.07) is 6.22. The molecule has 6 heteroatoms. The van der Waals surface area contributed by atoms with Gasteiger partial charge in [-0.25, -0.2) is 9.37 Å². The van der Waals surface area contributed by atoms with E-state index in [0.29, 0.717) is 29.7 Å². The van der Waals surface area contributed by atoms with Gasteiger partial charge in [0.1, 0.15) is 12.1 Å². The van der Waals surface area contributed by atoms with Crippen molar-refractivity contribution in [3.05, 3.63) is 42.0 Å². The Morgan fingerprint density at radius 3 is 2.71 bits per heavy atom. The highest BCUT2D eigenvalue weighted by molar-refractivity contribution is 5.69. The smallest absolute Gasteiger partial charge is 0.317 e. The number of oxazole rings is 1. The van der Waals surface area contributed by atoms with Crippen LogP contribution in [0.5, 0.6) is 0 Å². The summed E-state index contributed by atoms with van der Waals surface area (Å²) < 4.78 is 18.3. The second-order valence-corrected chi connectivity index (χ2v) is 5.18. The van der Waals surface area contributed by atoms with Crippen LogP contribution in [0.15, 0.2) is 34.9 Å². The first kappa shape index (κ1) is 13.8. The molecule has 1 fully saturated rings. The number of hydrogen-bond acceptors (Lipinski definition) is 4. The molecule has 110 valence electrons. The van der Waals surface area contributed by atoms with E-state index in [4.69, 9.17) is 9.52 Å². The van der Waals surface area contributed by atoms with E-state index >= 15 is 0 Å². The van der Waals surface area contributed by atoms with Gasteiger partial charge in [-0.3, -0.25) is 9.69 Å². The Kier molecular flexibility index (Phi) is 3.70. The molecule has 2 aromatic rings. The maximum absolute atomic E-state index is 12.9. The molecular weight excluding hydrogens is 275 g/mol. The second-order valence-electron chi connectivity index (χ2n) is 5.18. The molecule has 0 spiro atoms. The monoisotopic (exact) mass is 290 g/mol. The molecule has 0 bridgehead atoms. The van der Waals surface area contributed by atoms with E-state index in [9.17, 15) is 9.18 Å². The van der Waals surface area contributed by atoms with Crippen LogP contribution in [0, 0.1) is 5.82 Å². The lowest BCUT2D eigenvalue weighted by molar-refractivity contribution is -0.138. The van der Waals surface area contributed by atoms with Crippen molar-refractivity contribution < 1.29 is 18.7 Å². The topological polar surface area (TPSA) is 66.6 Å². The quantitative estimate of drug-likeness (QED) is 0.885. The molecule has 0 unspecified atom stereocenters. The fourth-order valence-electron chi connectivity index (χ4n) is 2.24. The second kappa shape index (κ2) is 5.65. The van der Waals surface area contributed by atoms with E-state index in [1.807, 2.05) is 4.90 Å². The highest BCUT2D eigenvalue weighted by atomic mass is 19.1. The molecule has 0 saturated heterocycles. The van der Waals surface area contributed by atoms with Gasteiger partial charge in [-0.15, -0.1) is 0 Å². The lowest BCUT2D eigenvalue weighted by atomic mass is 10.2. The average molecular weight is 290 g/mol. The van der Waals surface area contributed by atoms with Crippen molar-refractivity contribution in [2.24, 2.45) is 0 Å². The molecular formula is C15H15FN2O3. The summed E-state index contributed by atoms with van der Waals surface area (Å²) in [4.78, 5) is 17.1. The maximum Gasteiger partial charge on any atom is 0.317 e. The molecule has 5 nitrogen and oxygen atoms in total. The normalized spacial score (nSPS) is 14.6. The van der Waals surface area contributed by atoms with Crippen molar-refractivity contribution in [3.63, 3.8) is 0 Å². The number of benzene rings is 1. The van der Waals surface area contributed by atoms with Gasteiger partial charge in [-0.2, -0.15) is 0 Å². The first-order chi connectivity index (χ1) is 10.1. The average Bonchev–Trinajstić information content (AvgIpc) is 3.19. The highest BCUT2D eigenvalue weighted by Gasteiger charge is 2.30. The van der Waals surface area contributed by atoms with E-state index in [1.165, 1.54) is 18.4 Å². The van der Waals surface area contributed by atoms with Crippen LogP contribution in [0.25, 0.3) is 11.5 Å². The zero-order valence-electron chi connectivity index (χ0n) is 11.3. The molecule has 21 heavy (non-hydrogen) atoms. The highest BCUT2D eigenvalue weighted by Crippen LogP contribution is 2.28. The molecule has 1 heterocycles. The van der Waals surface area contributed by atoms with Gasteiger partial charge in [0, 0.05) is 18.2 Å². The van der Waals surface area contributed by atoms with Gasteiger partial charge >= 0.3 is 5.97 Å². The van der Waals surface area contributed by atoms with Crippen LogP contribution in [0.4, 0.5) is 4.39 Å². The fourth-order valence-corrected chi connectivity index (χ4v) is 2.24. The van der Waals surface area contributed by atoms with Crippen LogP contribution in [0.3, 0.4) is 0 Å². The Labute approximate surface area is 121 Å². The zero-order valence-corrected chi connectivity index (χ0v) is 11.3. The summed E-state index contributed by atoms with van der Waals surface area (Å²) in [6.45, 7) is 0.449. The number of rotatable bonds is 6. The van der Waals surface area contributed by atoms with Gasteiger partial charge in [0.05, 0.1) is 12.2 Å². The molecule has 1 aliphatic carbocycles. The van der Waals surface area contributed by atoms with Crippen LogP contribution in [0.2, 0.25) is 0 Å². The number of halogens is 1. The van der Waals surface area contributed by atoms with Crippen molar-refractivity contribution in [1.29, 1.82) is 0 Å². The molecule has 0 amide bonds. The van der Waals surface area contributed by atoms with Crippen molar-refractivity contribution in [1.82, 2.24) is 9.88 Å². The Balaban J connectivity index is 1.72. The number of carboxylic acid groups (broad SMARTS) is 1. The number of carbonyl (C=O) groups is 1. The molecule has 1 saturated carbocycles. The van der Waals surface area contributed by atoms with E-state index < -0.39 is 5.97 Å². The summed E-state index contributed by atoms with van der Waals surface area (Å²) in [7, 11) is 0. The Morgan fingerprint density at radius 2 is 2.10 bits per heavy atom. The van der Waals surface area contributed by atoms with Crippen molar-refractivity contribution >= 4 is 5.97 Å². The van der Waals surface area contributed by atoms with Crippen LogP contribution in [0.1, 0.15) is 18.5 Å². The molecule has 1 aromatic carbocycles. The molecule has 1 N–H and O–H groups in total. The molecule has 0 radical (unpaired) electrons. The number of carboxylic acids is 1. The van der Waals surface area contributed by atoms with E-state index in [-0.39, 0.29) is 12.4 Å². The summed E-state index contributed by atoms with van der Waals surface area (Å²) in [6.07, 6.45) is 3.57. The molecule has 0 atom stereocenters. The third-order valence-corrected chi connectivity index (χ3v) is 3.41. The zero-order chi connectivity index (χ0) is 14.8. The number of nitrogens with zero attached hydrogens (tertiary/aromatic N) is 2. The fraction of sp³-hybridized carbons (Fsp3) is 0.333. The Bertz CT molecular complexity index is 635. The van der Waals surface area contributed by atoms with Crippen molar-refractivity contribution in [2.75, 3.05) is 6.54 Å². The SMILES string of the molecule is O=C(O)CN(Cc1coc(-c2ccc(F)cc2)n1)C1CC1. The van der Waals surface area contributed by atoms with Crippen LogP contribution in [-0.4, -0.2) is 33.5 Å². The van der Waals surface area contributed by atoms with Gasteiger partial charge in [0.15, 0.2) is 0 Å². The standard InChI is InChI=1S/C15H15FN2O3/c16-11-3-1-10(2-4-11)15-17-12(9-21-15)7-18(8-14(19)20)13-5-6-13/h1-4,9,13H,5-8H2,(H,19,20). The van der Waals surface area contributed by atoms with Crippen LogP contribution < -0.4 is 0 Å². The minimum absolute atomic E-state index is 0.00338. The van der Waals surface area contributed by atoms with Gasteiger partial charge in [-0.05, 0) is 37.1 Å². The van der Waals surface area contributed by atoms with Gasteiger partial charge in [0.2, 0.25) is 5.89 Å². The summed E-state index contributed by atoms with van der Waals surface area (Å²) in [5.41, 5.74) is 1.38. The first-order valence-electron chi connectivity index (χ1n) is 6.78. The van der Waals surface area contributed by atoms with Crippen LogP contribution >= 0.6 is 0 Å². The third-order valence-electron chi connectivity index (χ3n) is 3.41. The number of hydrogen-bond donors (Lipinski definition) is 1. The molecule has 0 aliphatic heterocycles. The van der Waals surface area contributed by atoms with Crippen LogP contribution in [-0.2, 0) is 11.3 Å². The predicted octanol–water partition coefficient (Wildman–Crippen LogP) is 2.53. The first-order valence-corrected chi connectivity index (χ1v) is 6.78. The lowest BCUT2D eigenvalue weighted by Gasteiger charge is -2.17. The maximum atomic E-state index is 12.9. The number of aromatic nitrogens is 1. The van der Waals surface area contributed by atoms with E-state index in [2.05, 4.69) is 4.98 Å². The molecule has 1 aliphatic rings. The van der Waals surface area contributed by atoms with Gasteiger partial charge in [0.25, 0.3) is 0 Å². The largest absolute Gasteiger partial charge is 0.480 e. The minimum atomic E-state index is -0.843. The summed E-state index contributed by atoms with van der Waals surface area (Å²) in [5.74, 6) is -0.743. The lowest BCUT2D eigenvalue weighted by Crippen LogP contribution is -2.31.